The van der Waals surface area contributed by atoms with Gasteiger partial charge in [-0.05, 0) is 63.1 Å². The molecule has 0 saturated carbocycles. The summed E-state index contributed by atoms with van der Waals surface area (Å²) in [7, 11) is 0. The lowest BCUT2D eigenvalue weighted by Crippen LogP contribution is -2.07. The highest BCUT2D eigenvalue weighted by molar-refractivity contribution is 5.87. The van der Waals surface area contributed by atoms with Crippen molar-refractivity contribution in [3.63, 3.8) is 0 Å². The first-order valence-electron chi connectivity index (χ1n) is 10.5. The first-order chi connectivity index (χ1) is 14.9. The number of aromatic nitrogens is 1. The fraction of sp³-hybridized carbons (Fsp3) is 0.360. The Labute approximate surface area is 181 Å². The molecule has 2 heterocycles. The molecular weight excluding hydrogens is 392 g/mol. The summed E-state index contributed by atoms with van der Waals surface area (Å²) in [6.45, 7) is 7.08. The molecule has 1 atom stereocenters. The molecule has 1 N–H and O–H groups in total. The van der Waals surface area contributed by atoms with Gasteiger partial charge in [-0.1, -0.05) is 6.07 Å². The standard InChI is InChI=1S/C25H26N2O4/c1-15(2)31-24-6-4-17(10-19(24)13-26)14-30-23-7-5-21-20(16(23)3)12-22-18(11-25(28)29)8-9-27(21)22/h4-7,10,12,15,18H,8-9,11,14H2,1-3H3,(H,28,29)/t18-/m0/s1. The van der Waals surface area contributed by atoms with Gasteiger partial charge in [0.15, 0.2) is 0 Å². The predicted octanol–water partition coefficient (Wildman–Crippen LogP) is 5.15. The largest absolute Gasteiger partial charge is 0.490 e. The molecule has 6 nitrogen and oxygen atoms in total. The molecule has 0 bridgehead atoms. The summed E-state index contributed by atoms with van der Waals surface area (Å²) in [6.07, 6.45) is 1.03. The Kier molecular flexibility index (Phi) is 5.60. The fourth-order valence-electron chi connectivity index (χ4n) is 4.34. The Hall–Kier alpha value is -3.46. The van der Waals surface area contributed by atoms with Gasteiger partial charge in [-0.25, -0.2) is 0 Å². The van der Waals surface area contributed by atoms with Crippen LogP contribution in [0.4, 0.5) is 0 Å². The topological polar surface area (TPSA) is 84.5 Å². The second-order valence-corrected chi connectivity index (χ2v) is 8.32. The third kappa shape index (κ3) is 4.09. The SMILES string of the molecule is Cc1c(OCc2ccc(OC(C)C)c(C#N)c2)ccc2c1cc1n2CC[C@H]1CC(=O)O. The Bertz CT molecular complexity index is 1190. The molecule has 2 aromatic carbocycles. The van der Waals surface area contributed by atoms with E-state index in [-0.39, 0.29) is 18.4 Å². The summed E-state index contributed by atoms with van der Waals surface area (Å²) >= 11 is 0. The van der Waals surface area contributed by atoms with Crippen molar-refractivity contribution < 1.29 is 19.4 Å². The van der Waals surface area contributed by atoms with Crippen LogP contribution in [0.3, 0.4) is 0 Å². The smallest absolute Gasteiger partial charge is 0.304 e. The molecule has 0 saturated heterocycles. The molecule has 0 unspecified atom stereocenters. The van der Waals surface area contributed by atoms with Crippen LogP contribution in [0.1, 0.15) is 55.0 Å². The summed E-state index contributed by atoms with van der Waals surface area (Å²) in [5, 5.41) is 19.7. The molecule has 3 aromatic rings. The highest BCUT2D eigenvalue weighted by atomic mass is 16.5. The van der Waals surface area contributed by atoms with E-state index in [0.717, 1.165) is 46.4 Å². The van der Waals surface area contributed by atoms with Gasteiger partial charge >= 0.3 is 5.97 Å². The Morgan fingerprint density at radius 2 is 2.03 bits per heavy atom. The lowest BCUT2D eigenvalue weighted by atomic mass is 9.99. The second-order valence-electron chi connectivity index (χ2n) is 8.32. The van der Waals surface area contributed by atoms with Gasteiger partial charge in [0.05, 0.1) is 18.1 Å². The van der Waals surface area contributed by atoms with Crippen LogP contribution in [-0.2, 0) is 17.9 Å². The second kappa shape index (κ2) is 8.35. The number of hydrogen-bond donors (Lipinski definition) is 1. The number of rotatable bonds is 7. The van der Waals surface area contributed by atoms with Crippen LogP contribution in [0.25, 0.3) is 10.9 Å². The Morgan fingerprint density at radius 3 is 2.74 bits per heavy atom. The van der Waals surface area contributed by atoms with Gasteiger partial charge < -0.3 is 19.1 Å². The third-order valence-electron chi connectivity index (χ3n) is 5.80. The minimum Gasteiger partial charge on any atom is -0.490 e. The molecule has 31 heavy (non-hydrogen) atoms. The van der Waals surface area contributed by atoms with Gasteiger partial charge in [0, 0.05) is 34.6 Å². The zero-order valence-corrected chi connectivity index (χ0v) is 18.0. The number of hydrogen-bond acceptors (Lipinski definition) is 4. The van der Waals surface area contributed by atoms with Crippen LogP contribution in [-0.4, -0.2) is 21.7 Å². The van der Waals surface area contributed by atoms with E-state index < -0.39 is 5.97 Å². The van der Waals surface area contributed by atoms with Gasteiger partial charge in [-0.15, -0.1) is 0 Å². The lowest BCUT2D eigenvalue weighted by molar-refractivity contribution is -0.137. The van der Waals surface area contributed by atoms with Crippen molar-refractivity contribution in [2.24, 2.45) is 0 Å². The number of nitrogens with zero attached hydrogens (tertiary/aromatic N) is 2. The number of benzene rings is 2. The van der Waals surface area contributed by atoms with E-state index in [4.69, 9.17) is 9.47 Å². The number of aryl methyl sites for hydroxylation is 2. The van der Waals surface area contributed by atoms with Crippen molar-refractivity contribution in [3.05, 3.63) is 58.8 Å². The number of carboxylic acids is 1. The normalized spacial score (nSPS) is 15.1. The van der Waals surface area contributed by atoms with Gasteiger partial charge in [0.1, 0.15) is 24.2 Å². The number of carbonyl (C=O) groups is 1. The molecule has 1 aliphatic rings. The monoisotopic (exact) mass is 418 g/mol. The van der Waals surface area contributed by atoms with Crippen molar-refractivity contribution in [2.45, 2.75) is 58.8 Å². The summed E-state index contributed by atoms with van der Waals surface area (Å²) in [5.74, 6) is 0.668. The quantitative estimate of drug-likeness (QED) is 0.574. The van der Waals surface area contributed by atoms with Crippen LogP contribution >= 0.6 is 0 Å². The number of ether oxygens (including phenoxy) is 2. The first-order valence-corrected chi connectivity index (χ1v) is 10.5. The number of aliphatic carboxylic acids is 1. The van der Waals surface area contributed by atoms with Crippen LogP contribution in [0, 0.1) is 18.3 Å². The zero-order chi connectivity index (χ0) is 22.1. The molecule has 0 spiro atoms. The average molecular weight is 418 g/mol. The van der Waals surface area contributed by atoms with Crippen LogP contribution < -0.4 is 9.47 Å². The molecule has 0 radical (unpaired) electrons. The predicted molar refractivity (Wildman–Crippen MR) is 118 cm³/mol. The van der Waals surface area contributed by atoms with Crippen molar-refractivity contribution in [3.8, 4) is 17.6 Å². The van der Waals surface area contributed by atoms with Crippen LogP contribution in [0.2, 0.25) is 0 Å². The summed E-state index contributed by atoms with van der Waals surface area (Å²) in [6, 6.07) is 13.8. The summed E-state index contributed by atoms with van der Waals surface area (Å²) < 4.78 is 14.0. The van der Waals surface area contributed by atoms with Gasteiger partial charge in [0.2, 0.25) is 0 Å². The van der Waals surface area contributed by atoms with E-state index >= 15 is 0 Å². The van der Waals surface area contributed by atoms with E-state index in [0.29, 0.717) is 17.9 Å². The van der Waals surface area contributed by atoms with Gasteiger partial charge in [-0.2, -0.15) is 5.26 Å². The van der Waals surface area contributed by atoms with Crippen molar-refractivity contribution in [1.82, 2.24) is 4.57 Å². The van der Waals surface area contributed by atoms with Crippen molar-refractivity contribution in [2.75, 3.05) is 0 Å². The highest BCUT2D eigenvalue weighted by Crippen LogP contribution is 2.39. The third-order valence-corrected chi connectivity index (χ3v) is 5.80. The molecule has 0 amide bonds. The van der Waals surface area contributed by atoms with E-state index in [9.17, 15) is 15.2 Å². The number of fused-ring (bicyclic) bond motifs is 3. The lowest BCUT2D eigenvalue weighted by Gasteiger charge is -2.14. The van der Waals surface area contributed by atoms with Crippen LogP contribution in [0.15, 0.2) is 36.4 Å². The maximum absolute atomic E-state index is 11.2. The minimum absolute atomic E-state index is 0.00251. The Balaban J connectivity index is 1.55. The molecular formula is C25H26N2O4. The van der Waals surface area contributed by atoms with E-state index in [1.807, 2.05) is 45.0 Å². The van der Waals surface area contributed by atoms with E-state index in [1.165, 1.54) is 0 Å². The molecule has 1 aliphatic heterocycles. The molecule has 0 fully saturated rings. The maximum atomic E-state index is 11.2. The van der Waals surface area contributed by atoms with E-state index in [1.54, 1.807) is 6.07 Å². The molecule has 0 aliphatic carbocycles. The minimum atomic E-state index is -0.758. The van der Waals surface area contributed by atoms with Crippen molar-refractivity contribution in [1.29, 1.82) is 5.26 Å². The first kappa shape index (κ1) is 20.8. The highest BCUT2D eigenvalue weighted by Gasteiger charge is 2.27. The molecule has 6 heteroatoms. The van der Waals surface area contributed by atoms with Gasteiger partial charge in [0.25, 0.3) is 0 Å². The molecule has 1 aromatic heterocycles. The number of nitriles is 1. The average Bonchev–Trinajstić information content (AvgIpc) is 3.28. The molecule has 160 valence electrons. The maximum Gasteiger partial charge on any atom is 0.304 e. The number of carboxylic acid groups (broad SMARTS) is 1. The van der Waals surface area contributed by atoms with Crippen LogP contribution in [0.5, 0.6) is 11.5 Å². The summed E-state index contributed by atoms with van der Waals surface area (Å²) in [5.41, 5.74) is 4.64. The Morgan fingerprint density at radius 1 is 1.26 bits per heavy atom. The molecule has 4 rings (SSSR count). The fourth-order valence-corrected chi connectivity index (χ4v) is 4.34. The zero-order valence-electron chi connectivity index (χ0n) is 18.0. The van der Waals surface area contributed by atoms with Crippen molar-refractivity contribution >= 4 is 16.9 Å². The summed E-state index contributed by atoms with van der Waals surface area (Å²) in [4.78, 5) is 11.2. The van der Waals surface area contributed by atoms with E-state index in [2.05, 4.69) is 16.7 Å². The van der Waals surface area contributed by atoms with Gasteiger partial charge in [-0.3, -0.25) is 4.79 Å².